The fourth-order valence-corrected chi connectivity index (χ4v) is 1.65. The Kier molecular flexibility index (Phi) is 4.26. The van der Waals surface area contributed by atoms with Crippen LogP contribution in [0.2, 0.25) is 0 Å². The standard InChI is InChI=1S/C15H19N3O3/c1-11-5-7-12(8-6-11)9-18-10-13(21-17-18)16-14(19)20-15(2,3)4/h5-8,10H,9H2,1-4H3. The van der Waals surface area contributed by atoms with Gasteiger partial charge in [0.05, 0.1) is 0 Å². The van der Waals surface area contributed by atoms with Gasteiger partial charge in [0.25, 0.3) is 6.20 Å². The van der Waals surface area contributed by atoms with Crippen molar-refractivity contribution in [1.82, 2.24) is 5.27 Å². The van der Waals surface area contributed by atoms with Crippen LogP contribution in [0.1, 0.15) is 31.9 Å². The summed E-state index contributed by atoms with van der Waals surface area (Å²) in [6.45, 7) is 7.91. The van der Waals surface area contributed by atoms with Crippen LogP contribution in [0.25, 0.3) is 0 Å². The summed E-state index contributed by atoms with van der Waals surface area (Å²) in [6, 6.07) is 8.09. The normalized spacial score (nSPS) is 12.5. The lowest BCUT2D eigenvalue weighted by atomic mass is 10.1. The van der Waals surface area contributed by atoms with Gasteiger partial charge in [-0.3, -0.25) is 4.52 Å². The predicted octanol–water partition coefficient (Wildman–Crippen LogP) is 1.48. The van der Waals surface area contributed by atoms with Crippen LogP contribution in [-0.4, -0.2) is 17.0 Å². The van der Waals surface area contributed by atoms with Gasteiger partial charge in [0, 0.05) is 11.2 Å². The molecule has 6 heteroatoms. The summed E-state index contributed by atoms with van der Waals surface area (Å²) in [5.41, 5.74) is 1.70. The maximum atomic E-state index is 11.5. The minimum absolute atomic E-state index is 0.122. The molecule has 0 spiro atoms. The summed E-state index contributed by atoms with van der Waals surface area (Å²) in [5.74, 6) is 0.122. The highest BCUT2D eigenvalue weighted by molar-refractivity contribution is 5.65. The number of aryl methyl sites for hydroxylation is 1. The topological polar surface area (TPSA) is 74.6 Å². The maximum absolute atomic E-state index is 11.5. The molecule has 0 N–H and O–H groups in total. The maximum Gasteiger partial charge on any atom is 0.323 e. The molecule has 0 amide bonds. The number of nitrogens with zero attached hydrogens (tertiary/aromatic N) is 3. The first kappa shape index (κ1) is 15.0. The van der Waals surface area contributed by atoms with Gasteiger partial charge >= 0.3 is 5.88 Å². The van der Waals surface area contributed by atoms with Crippen LogP contribution in [0, 0.1) is 6.92 Å². The fraction of sp³-hybridized carbons (Fsp3) is 0.400. The highest BCUT2D eigenvalue weighted by Crippen LogP contribution is 2.11. The Balaban J connectivity index is 2.04. The van der Waals surface area contributed by atoms with Gasteiger partial charge in [0.15, 0.2) is 6.08 Å². The molecule has 112 valence electrons. The van der Waals surface area contributed by atoms with E-state index in [1.807, 2.05) is 31.2 Å². The molecule has 0 unspecified atom stereocenters. The lowest BCUT2D eigenvalue weighted by Gasteiger charge is -2.28. The second kappa shape index (κ2) is 5.95. The number of aromatic nitrogens is 2. The van der Waals surface area contributed by atoms with E-state index in [4.69, 9.17) is 9.26 Å². The van der Waals surface area contributed by atoms with Crippen molar-refractivity contribution >= 4 is 12.0 Å². The van der Waals surface area contributed by atoms with Gasteiger partial charge in [-0.25, -0.2) is 0 Å². The molecule has 1 heterocycles. The third-order valence-electron chi connectivity index (χ3n) is 2.56. The summed E-state index contributed by atoms with van der Waals surface area (Å²) in [6.07, 6.45) is 0.866. The summed E-state index contributed by atoms with van der Waals surface area (Å²) >= 11 is 0. The first-order valence-electron chi connectivity index (χ1n) is 6.68. The lowest BCUT2D eigenvalue weighted by molar-refractivity contribution is -0.754. The van der Waals surface area contributed by atoms with Crippen LogP contribution in [0.5, 0.6) is 0 Å². The van der Waals surface area contributed by atoms with E-state index in [9.17, 15) is 5.11 Å². The van der Waals surface area contributed by atoms with Crippen molar-refractivity contribution in [2.24, 2.45) is 4.99 Å². The second-order valence-corrected chi connectivity index (χ2v) is 5.82. The summed E-state index contributed by atoms with van der Waals surface area (Å²) < 4.78 is 11.6. The smallest absolute Gasteiger partial charge is 0.323 e. The van der Waals surface area contributed by atoms with E-state index in [0.717, 1.165) is 5.56 Å². The van der Waals surface area contributed by atoms with Crippen molar-refractivity contribution in [2.75, 3.05) is 0 Å². The Labute approximate surface area is 123 Å². The molecule has 0 fully saturated rings. The zero-order valence-electron chi connectivity index (χ0n) is 12.7. The third-order valence-corrected chi connectivity index (χ3v) is 2.56. The number of aliphatic imine (C=N–C) groups is 1. The highest BCUT2D eigenvalue weighted by atomic mass is 16.6. The van der Waals surface area contributed by atoms with Crippen molar-refractivity contribution in [2.45, 2.75) is 39.8 Å². The molecule has 2 rings (SSSR count). The summed E-state index contributed by atoms with van der Waals surface area (Å²) in [5, 5.41) is 15.4. The molecule has 2 aromatic rings. The molecule has 1 aromatic heterocycles. The van der Waals surface area contributed by atoms with E-state index >= 15 is 0 Å². The Morgan fingerprint density at radius 2 is 2.00 bits per heavy atom. The van der Waals surface area contributed by atoms with Gasteiger partial charge in [-0.05, 0) is 11.6 Å². The Hall–Kier alpha value is -2.37. The molecule has 0 radical (unpaired) electrons. The SMILES string of the molecule is Cc1ccc(C[n+]2cc(/N=C(\[O-])OC(C)(C)C)on2)cc1. The molecule has 0 aliphatic rings. The molecule has 0 aliphatic carbocycles. The van der Waals surface area contributed by atoms with Crippen molar-refractivity contribution in [3.63, 3.8) is 0 Å². The molecule has 0 bridgehead atoms. The van der Waals surface area contributed by atoms with Crippen LogP contribution >= 0.6 is 0 Å². The molecule has 1 aromatic carbocycles. The van der Waals surface area contributed by atoms with Gasteiger partial charge in [-0.1, -0.05) is 50.6 Å². The van der Waals surface area contributed by atoms with Crippen molar-refractivity contribution in [1.29, 1.82) is 0 Å². The molecular formula is C15H19N3O3. The zero-order valence-corrected chi connectivity index (χ0v) is 12.7. The van der Waals surface area contributed by atoms with E-state index in [2.05, 4.69) is 10.3 Å². The summed E-state index contributed by atoms with van der Waals surface area (Å²) in [7, 11) is 0. The first-order chi connectivity index (χ1) is 9.82. The van der Waals surface area contributed by atoms with Crippen molar-refractivity contribution in [3.05, 3.63) is 41.6 Å². The zero-order chi connectivity index (χ0) is 15.5. The van der Waals surface area contributed by atoms with Crippen molar-refractivity contribution < 1.29 is 19.0 Å². The van der Waals surface area contributed by atoms with Gasteiger partial charge in [-0.2, -0.15) is 4.99 Å². The quantitative estimate of drug-likeness (QED) is 0.487. The van der Waals surface area contributed by atoms with E-state index in [1.54, 1.807) is 31.6 Å². The van der Waals surface area contributed by atoms with Crippen molar-refractivity contribution in [3.8, 4) is 0 Å². The van der Waals surface area contributed by atoms with Gasteiger partial charge in [-0.15, -0.1) is 0 Å². The Bertz CT molecular complexity index is 624. The van der Waals surface area contributed by atoms with Gasteiger partial charge < -0.3 is 9.84 Å². The number of rotatable bonds is 3. The number of hydrogen-bond acceptors (Lipinski definition) is 5. The Morgan fingerprint density at radius 3 is 2.62 bits per heavy atom. The lowest BCUT2D eigenvalue weighted by Crippen LogP contribution is -2.35. The molecule has 0 aliphatic heterocycles. The monoisotopic (exact) mass is 289 g/mol. The number of ether oxygens (including phenoxy) is 1. The Morgan fingerprint density at radius 1 is 1.33 bits per heavy atom. The largest absolute Gasteiger partial charge is 0.594 e. The highest BCUT2D eigenvalue weighted by Gasteiger charge is 2.12. The molecular weight excluding hydrogens is 270 g/mol. The van der Waals surface area contributed by atoms with Gasteiger partial charge in [0.2, 0.25) is 11.8 Å². The van der Waals surface area contributed by atoms with Crippen LogP contribution in [0.15, 0.2) is 40.0 Å². The van der Waals surface area contributed by atoms with Crippen LogP contribution in [0.3, 0.4) is 0 Å². The molecule has 21 heavy (non-hydrogen) atoms. The van der Waals surface area contributed by atoms with Gasteiger partial charge in [0.1, 0.15) is 0 Å². The molecule has 0 saturated heterocycles. The van der Waals surface area contributed by atoms with E-state index in [1.165, 1.54) is 5.56 Å². The minimum atomic E-state index is -0.693. The summed E-state index contributed by atoms with van der Waals surface area (Å²) in [4.78, 5) is 3.71. The minimum Gasteiger partial charge on any atom is -0.594 e. The van der Waals surface area contributed by atoms with E-state index < -0.39 is 11.7 Å². The van der Waals surface area contributed by atoms with Crippen LogP contribution < -0.4 is 9.79 Å². The second-order valence-electron chi connectivity index (χ2n) is 5.82. The average Bonchev–Trinajstić information content (AvgIpc) is 2.77. The average molecular weight is 289 g/mol. The van der Waals surface area contributed by atoms with E-state index in [-0.39, 0.29) is 5.88 Å². The third kappa shape index (κ3) is 4.91. The first-order valence-corrected chi connectivity index (χ1v) is 6.68. The number of hydrogen-bond donors (Lipinski definition) is 0. The van der Waals surface area contributed by atoms with Crippen LogP contribution in [0.4, 0.5) is 5.88 Å². The predicted molar refractivity (Wildman–Crippen MR) is 74.9 cm³/mol. The molecule has 6 nitrogen and oxygen atoms in total. The van der Waals surface area contributed by atoms with E-state index in [0.29, 0.717) is 6.54 Å². The fourth-order valence-electron chi connectivity index (χ4n) is 1.65. The molecule has 0 saturated carbocycles. The van der Waals surface area contributed by atoms with Crippen LogP contribution in [-0.2, 0) is 11.3 Å². The number of benzene rings is 1. The molecule has 0 atom stereocenters.